The Morgan fingerprint density at radius 2 is 1.79 bits per heavy atom. The molecule has 0 amide bonds. The minimum Gasteiger partial charge on any atom is -0.388 e. The standard InChI is InChI=1S/C28H40N4O/c1-8-11-15-23(18-25(22(6)33)28(30-7)20(4)9-2)27(29)21(5)26(31-10-3)19-32-24-16-13-12-14-17-24/h10,12-18,29-32H,3,8-9,11,19H2,1-2,4-7H3/b23-15+,25-18+,26-21+,28-20+,29-27?. The van der Waals surface area contributed by atoms with E-state index >= 15 is 0 Å². The highest BCUT2D eigenvalue weighted by atomic mass is 16.1. The highest BCUT2D eigenvalue weighted by molar-refractivity contribution is 6.13. The summed E-state index contributed by atoms with van der Waals surface area (Å²) in [6.45, 7) is 14.0. The van der Waals surface area contributed by atoms with Crippen LogP contribution in [0, 0.1) is 5.41 Å². The number of Topliss-reactive ketones (excluding diaryl/α,β-unsaturated/α-hetero) is 1. The second-order valence-electron chi connectivity index (χ2n) is 7.87. The van der Waals surface area contributed by atoms with Gasteiger partial charge in [0.25, 0.3) is 0 Å². The van der Waals surface area contributed by atoms with Crippen molar-refractivity contribution in [2.75, 3.05) is 18.9 Å². The number of carbonyl (C=O) groups excluding carboxylic acids is 1. The molecule has 1 rings (SSSR count). The van der Waals surface area contributed by atoms with E-state index in [1.165, 1.54) is 0 Å². The largest absolute Gasteiger partial charge is 0.388 e. The number of benzene rings is 1. The lowest BCUT2D eigenvalue weighted by molar-refractivity contribution is -0.113. The molecule has 0 aromatic heterocycles. The smallest absolute Gasteiger partial charge is 0.161 e. The first kappa shape index (κ1) is 27.7. The zero-order chi connectivity index (χ0) is 24.8. The number of hydrogen-bond acceptors (Lipinski definition) is 5. The molecule has 33 heavy (non-hydrogen) atoms. The number of unbranched alkanes of at least 4 members (excludes halogenated alkanes) is 1. The predicted octanol–water partition coefficient (Wildman–Crippen LogP) is 6.27. The van der Waals surface area contributed by atoms with E-state index < -0.39 is 0 Å². The SMILES string of the molecule is C=CN/C(CNc1ccccc1)=C(\C)C(=N)C(/C=C(C(C)=O)/C(NC)=C(/C)CC)=C/CCC. The monoisotopic (exact) mass is 448 g/mol. The molecule has 0 fully saturated rings. The number of ketones is 1. The Hall–Kier alpha value is -3.34. The van der Waals surface area contributed by atoms with Crippen LogP contribution in [0.4, 0.5) is 5.69 Å². The molecule has 1 aromatic carbocycles. The number of rotatable bonds is 14. The summed E-state index contributed by atoms with van der Waals surface area (Å²) in [6, 6.07) is 9.94. The second kappa shape index (κ2) is 14.7. The number of nitrogens with one attached hydrogen (secondary N) is 4. The third kappa shape index (κ3) is 8.60. The van der Waals surface area contributed by atoms with Gasteiger partial charge in [0, 0.05) is 29.7 Å². The van der Waals surface area contributed by atoms with Gasteiger partial charge in [-0.25, -0.2) is 0 Å². The molecule has 1 aromatic rings. The maximum absolute atomic E-state index is 12.6. The van der Waals surface area contributed by atoms with E-state index in [0.29, 0.717) is 17.8 Å². The molecule has 0 bridgehead atoms. The van der Waals surface area contributed by atoms with Crippen molar-refractivity contribution in [1.82, 2.24) is 10.6 Å². The molecule has 0 saturated carbocycles. The summed E-state index contributed by atoms with van der Waals surface area (Å²) in [6.07, 6.45) is 8.13. The molecule has 0 heterocycles. The summed E-state index contributed by atoms with van der Waals surface area (Å²) < 4.78 is 0. The van der Waals surface area contributed by atoms with Crippen molar-refractivity contribution in [2.24, 2.45) is 0 Å². The van der Waals surface area contributed by atoms with Crippen LogP contribution in [0.5, 0.6) is 0 Å². The van der Waals surface area contributed by atoms with Crippen LogP contribution in [0.25, 0.3) is 0 Å². The van der Waals surface area contributed by atoms with Crippen LogP contribution in [0.1, 0.15) is 53.9 Å². The molecule has 0 radical (unpaired) electrons. The Balaban J connectivity index is 3.46. The van der Waals surface area contributed by atoms with Crippen molar-refractivity contribution in [3.8, 4) is 0 Å². The van der Waals surface area contributed by atoms with Crippen LogP contribution in [-0.2, 0) is 4.79 Å². The summed E-state index contributed by atoms with van der Waals surface area (Å²) in [5.41, 5.74) is 6.29. The Bertz CT molecular complexity index is 949. The molecule has 0 unspecified atom stereocenters. The van der Waals surface area contributed by atoms with Gasteiger partial charge in [-0.15, -0.1) is 0 Å². The highest BCUT2D eigenvalue weighted by Gasteiger charge is 2.16. The topological polar surface area (TPSA) is 77.0 Å². The third-order valence-electron chi connectivity index (χ3n) is 5.44. The van der Waals surface area contributed by atoms with Crippen molar-refractivity contribution >= 4 is 17.2 Å². The van der Waals surface area contributed by atoms with E-state index in [1.54, 1.807) is 13.1 Å². The molecule has 0 aliphatic carbocycles. The van der Waals surface area contributed by atoms with Gasteiger partial charge >= 0.3 is 0 Å². The molecule has 0 aliphatic rings. The lowest BCUT2D eigenvalue weighted by Gasteiger charge is -2.17. The van der Waals surface area contributed by atoms with E-state index in [1.807, 2.05) is 63.4 Å². The first-order valence-corrected chi connectivity index (χ1v) is 11.6. The van der Waals surface area contributed by atoms with Gasteiger partial charge in [-0.05, 0) is 74.7 Å². The van der Waals surface area contributed by atoms with Gasteiger partial charge in [0.05, 0.1) is 12.3 Å². The van der Waals surface area contributed by atoms with E-state index in [2.05, 4.69) is 36.4 Å². The van der Waals surface area contributed by atoms with Crippen molar-refractivity contribution < 1.29 is 4.79 Å². The van der Waals surface area contributed by atoms with Crippen molar-refractivity contribution in [2.45, 2.75) is 53.9 Å². The van der Waals surface area contributed by atoms with Crippen LogP contribution >= 0.6 is 0 Å². The molecular formula is C28H40N4O. The average molecular weight is 449 g/mol. The quantitative estimate of drug-likeness (QED) is 0.154. The Morgan fingerprint density at radius 1 is 1.12 bits per heavy atom. The molecule has 0 saturated heterocycles. The van der Waals surface area contributed by atoms with Crippen LogP contribution in [-0.4, -0.2) is 25.1 Å². The predicted molar refractivity (Wildman–Crippen MR) is 142 cm³/mol. The fourth-order valence-electron chi connectivity index (χ4n) is 3.32. The molecule has 5 nitrogen and oxygen atoms in total. The Morgan fingerprint density at radius 3 is 2.30 bits per heavy atom. The number of hydrogen-bond donors (Lipinski definition) is 4. The number of allylic oxidation sites excluding steroid dienone is 6. The van der Waals surface area contributed by atoms with Gasteiger partial charge in [0.1, 0.15) is 0 Å². The molecular weight excluding hydrogens is 408 g/mol. The molecule has 0 atom stereocenters. The zero-order valence-corrected chi connectivity index (χ0v) is 21.1. The molecule has 4 N–H and O–H groups in total. The normalized spacial score (nSPS) is 13.5. The van der Waals surface area contributed by atoms with E-state index in [9.17, 15) is 4.79 Å². The Labute approximate surface area is 200 Å². The minimum atomic E-state index is -0.0286. The maximum Gasteiger partial charge on any atom is 0.161 e. The maximum atomic E-state index is 12.6. The van der Waals surface area contributed by atoms with Crippen molar-refractivity contribution in [3.63, 3.8) is 0 Å². The van der Waals surface area contributed by atoms with Gasteiger partial charge in [-0.2, -0.15) is 0 Å². The van der Waals surface area contributed by atoms with Crippen molar-refractivity contribution in [1.29, 1.82) is 5.41 Å². The molecule has 0 spiro atoms. The fraction of sp³-hybridized carbons (Fsp3) is 0.357. The second-order valence-corrected chi connectivity index (χ2v) is 7.87. The lowest BCUT2D eigenvalue weighted by Crippen LogP contribution is -2.21. The molecule has 0 aliphatic heterocycles. The van der Waals surface area contributed by atoms with Crippen molar-refractivity contribution in [3.05, 3.63) is 88.9 Å². The van der Waals surface area contributed by atoms with Crippen LogP contribution < -0.4 is 16.0 Å². The first-order valence-electron chi connectivity index (χ1n) is 11.6. The van der Waals surface area contributed by atoms with Crippen LogP contribution in [0.2, 0.25) is 0 Å². The van der Waals surface area contributed by atoms with Gasteiger partial charge < -0.3 is 16.0 Å². The molecule has 5 heteroatoms. The molecule has 178 valence electrons. The number of likely N-dealkylation sites (N-methyl/N-ethyl adjacent to an activating group) is 1. The van der Waals surface area contributed by atoms with Gasteiger partial charge in [-0.1, -0.05) is 51.1 Å². The minimum absolute atomic E-state index is 0.0286. The summed E-state index contributed by atoms with van der Waals surface area (Å²) in [5, 5.41) is 18.7. The van der Waals surface area contributed by atoms with Gasteiger partial charge in [0.15, 0.2) is 5.78 Å². The fourth-order valence-corrected chi connectivity index (χ4v) is 3.32. The third-order valence-corrected chi connectivity index (χ3v) is 5.44. The lowest BCUT2D eigenvalue weighted by atomic mass is 9.94. The summed E-state index contributed by atoms with van der Waals surface area (Å²) >= 11 is 0. The summed E-state index contributed by atoms with van der Waals surface area (Å²) in [7, 11) is 1.83. The van der Waals surface area contributed by atoms with E-state index in [-0.39, 0.29) is 5.78 Å². The number of para-hydroxylation sites is 1. The first-order chi connectivity index (χ1) is 15.8. The van der Waals surface area contributed by atoms with Crippen LogP contribution in [0.3, 0.4) is 0 Å². The summed E-state index contributed by atoms with van der Waals surface area (Å²) in [5.74, 6) is -0.0286. The Kier molecular flexibility index (Phi) is 12.3. The van der Waals surface area contributed by atoms with Gasteiger partial charge in [-0.3, -0.25) is 10.2 Å². The summed E-state index contributed by atoms with van der Waals surface area (Å²) in [4.78, 5) is 12.6. The number of anilines is 1. The number of carbonyl (C=O) groups is 1. The average Bonchev–Trinajstić information content (AvgIpc) is 2.82. The van der Waals surface area contributed by atoms with Gasteiger partial charge in [0.2, 0.25) is 0 Å². The van der Waals surface area contributed by atoms with E-state index in [4.69, 9.17) is 5.41 Å². The van der Waals surface area contributed by atoms with E-state index in [0.717, 1.165) is 53.1 Å². The van der Waals surface area contributed by atoms with Crippen LogP contribution in [0.15, 0.2) is 88.9 Å². The highest BCUT2D eigenvalue weighted by Crippen LogP contribution is 2.21. The zero-order valence-electron chi connectivity index (χ0n) is 21.1.